The highest BCUT2D eigenvalue weighted by Crippen LogP contribution is 2.38. The molecule has 10 heteroatoms. The minimum absolute atomic E-state index is 0.0227. The van der Waals surface area contributed by atoms with Gasteiger partial charge in [-0.2, -0.15) is 13.2 Å². The van der Waals surface area contributed by atoms with E-state index >= 15 is 0 Å². The number of nitrogens with two attached hydrogens (primary N) is 1. The molecule has 3 N–H and O–H groups in total. The van der Waals surface area contributed by atoms with Crippen LogP contribution in [0.3, 0.4) is 0 Å². The molecule has 0 fully saturated rings. The molecule has 2 atom stereocenters. The zero-order chi connectivity index (χ0) is 22.7. The molecule has 1 aliphatic rings. The Hall–Kier alpha value is -3.14. The van der Waals surface area contributed by atoms with Crippen LogP contribution in [0.25, 0.3) is 11.0 Å². The number of anilines is 1. The number of aromatic nitrogens is 2. The van der Waals surface area contributed by atoms with E-state index in [9.17, 15) is 22.4 Å². The van der Waals surface area contributed by atoms with Gasteiger partial charge in [-0.25, -0.2) is 9.37 Å². The van der Waals surface area contributed by atoms with Gasteiger partial charge in [-0.1, -0.05) is 6.07 Å². The molecule has 0 bridgehead atoms. The third-order valence-corrected chi connectivity index (χ3v) is 5.73. The molecule has 0 radical (unpaired) electrons. The van der Waals surface area contributed by atoms with Gasteiger partial charge in [-0.05, 0) is 32.0 Å². The summed E-state index contributed by atoms with van der Waals surface area (Å²) in [6.45, 7) is 3.73. The zero-order valence-corrected chi connectivity index (χ0v) is 17.0. The Labute approximate surface area is 175 Å². The number of pyridine rings is 1. The number of fused-ring (bicyclic) bond motifs is 3. The van der Waals surface area contributed by atoms with E-state index in [-0.39, 0.29) is 17.4 Å². The largest absolute Gasteiger partial charge is 0.416 e. The number of nitrogen functional groups attached to an aromatic ring is 1. The quantitative estimate of drug-likeness (QED) is 0.582. The summed E-state index contributed by atoms with van der Waals surface area (Å²) in [5.41, 5.74) is 7.88. The number of amides is 1. The highest BCUT2D eigenvalue weighted by molar-refractivity contribution is 5.98. The van der Waals surface area contributed by atoms with Gasteiger partial charge in [-0.3, -0.25) is 4.79 Å². The highest BCUT2D eigenvalue weighted by Gasteiger charge is 2.32. The first-order valence-electron chi connectivity index (χ1n) is 9.55. The van der Waals surface area contributed by atoms with E-state index in [1.807, 2.05) is 6.92 Å². The predicted molar refractivity (Wildman–Crippen MR) is 106 cm³/mol. The van der Waals surface area contributed by atoms with Crippen LogP contribution in [0.1, 0.15) is 58.7 Å². The van der Waals surface area contributed by atoms with Crippen molar-refractivity contribution in [1.82, 2.24) is 14.9 Å². The monoisotopic (exact) mass is 436 g/mol. The number of alkyl halides is 3. The number of nitrogens with one attached hydrogen (secondary N) is 1. The lowest BCUT2D eigenvalue weighted by molar-refractivity contribution is -0.137. The third kappa shape index (κ3) is 3.50. The van der Waals surface area contributed by atoms with Crippen molar-refractivity contribution in [3.8, 4) is 0 Å². The van der Waals surface area contributed by atoms with Gasteiger partial charge >= 0.3 is 6.18 Å². The summed E-state index contributed by atoms with van der Waals surface area (Å²) in [5.74, 6) is -1.17. The lowest BCUT2D eigenvalue weighted by atomic mass is 10.0. The van der Waals surface area contributed by atoms with Crippen LogP contribution in [0.2, 0.25) is 0 Å². The van der Waals surface area contributed by atoms with Crippen LogP contribution in [0.5, 0.6) is 0 Å². The first-order valence-corrected chi connectivity index (χ1v) is 9.55. The van der Waals surface area contributed by atoms with E-state index in [1.54, 1.807) is 6.07 Å². The van der Waals surface area contributed by atoms with Gasteiger partial charge in [0, 0.05) is 23.7 Å². The number of carbonyl (C=O) groups excluding carboxylic acids is 1. The van der Waals surface area contributed by atoms with Crippen molar-refractivity contribution in [3.63, 3.8) is 0 Å². The van der Waals surface area contributed by atoms with Crippen molar-refractivity contribution >= 4 is 22.8 Å². The lowest BCUT2D eigenvalue weighted by Gasteiger charge is -2.25. The summed E-state index contributed by atoms with van der Waals surface area (Å²) in [6, 6.07) is 3.01. The second kappa shape index (κ2) is 7.23. The molecule has 2 aromatic heterocycles. The average Bonchev–Trinajstić information content (AvgIpc) is 3.29. The molecule has 31 heavy (non-hydrogen) atoms. The first-order chi connectivity index (χ1) is 14.5. The Kier molecular flexibility index (Phi) is 4.92. The van der Waals surface area contributed by atoms with E-state index < -0.39 is 29.5 Å². The summed E-state index contributed by atoms with van der Waals surface area (Å²) < 4.78 is 58.4. The fourth-order valence-corrected chi connectivity index (χ4v) is 3.87. The van der Waals surface area contributed by atoms with Gasteiger partial charge in [0.1, 0.15) is 17.3 Å². The first kappa shape index (κ1) is 21.1. The molecule has 0 aliphatic carbocycles. The van der Waals surface area contributed by atoms with E-state index in [0.29, 0.717) is 29.5 Å². The van der Waals surface area contributed by atoms with Crippen LogP contribution >= 0.6 is 0 Å². The van der Waals surface area contributed by atoms with Gasteiger partial charge in [0.25, 0.3) is 5.91 Å². The van der Waals surface area contributed by atoms with Crippen LogP contribution in [-0.2, 0) is 17.5 Å². The van der Waals surface area contributed by atoms with Crippen molar-refractivity contribution in [2.45, 2.75) is 38.8 Å². The van der Waals surface area contributed by atoms with Crippen LogP contribution in [0, 0.1) is 5.82 Å². The van der Waals surface area contributed by atoms with Crippen molar-refractivity contribution in [3.05, 3.63) is 58.0 Å². The molecule has 6 nitrogen and oxygen atoms in total. The number of nitrogens with zero attached hydrogens (tertiary/aromatic N) is 2. The topological polar surface area (TPSA) is 84.2 Å². The van der Waals surface area contributed by atoms with E-state index in [4.69, 9.17) is 10.5 Å². The SMILES string of the molecule is C[C@H]1OCc2c1c(N)nc1cc(C(=O)N(C)[C@@H](C)c3ccc(C(F)(F)F)cc3F)[nH]c21. The summed E-state index contributed by atoms with van der Waals surface area (Å²) in [6.07, 6.45) is -4.86. The third-order valence-electron chi connectivity index (χ3n) is 5.73. The molecule has 0 spiro atoms. The zero-order valence-electron chi connectivity index (χ0n) is 17.0. The number of rotatable bonds is 3. The maximum Gasteiger partial charge on any atom is 0.416 e. The lowest BCUT2D eigenvalue weighted by Crippen LogP contribution is -2.30. The van der Waals surface area contributed by atoms with Crippen LogP contribution in [-0.4, -0.2) is 27.8 Å². The Morgan fingerprint density at radius 1 is 1.35 bits per heavy atom. The Morgan fingerprint density at radius 2 is 2.06 bits per heavy atom. The Bertz CT molecular complexity index is 1190. The summed E-state index contributed by atoms with van der Waals surface area (Å²) in [5, 5.41) is 0. The number of hydrogen-bond acceptors (Lipinski definition) is 4. The van der Waals surface area contributed by atoms with E-state index in [0.717, 1.165) is 23.3 Å². The molecule has 0 unspecified atom stereocenters. The highest BCUT2D eigenvalue weighted by atomic mass is 19.4. The average molecular weight is 436 g/mol. The van der Waals surface area contributed by atoms with Gasteiger partial charge in [0.2, 0.25) is 0 Å². The van der Waals surface area contributed by atoms with Crippen molar-refractivity contribution in [2.24, 2.45) is 0 Å². The van der Waals surface area contributed by atoms with Crippen LogP contribution < -0.4 is 5.73 Å². The maximum atomic E-state index is 14.4. The number of ether oxygens (including phenoxy) is 1. The second-order valence-electron chi connectivity index (χ2n) is 7.61. The van der Waals surface area contributed by atoms with Gasteiger partial charge in [0.15, 0.2) is 0 Å². The number of benzene rings is 1. The van der Waals surface area contributed by atoms with Gasteiger partial charge < -0.3 is 20.4 Å². The predicted octanol–water partition coefficient (Wildman–Crippen LogP) is 4.73. The van der Waals surface area contributed by atoms with E-state index in [1.165, 1.54) is 18.9 Å². The molecule has 4 rings (SSSR count). The fraction of sp³-hybridized carbons (Fsp3) is 0.333. The molecule has 0 saturated heterocycles. The van der Waals surface area contributed by atoms with Crippen molar-refractivity contribution < 1.29 is 27.1 Å². The molecule has 3 aromatic rings. The van der Waals surface area contributed by atoms with Crippen molar-refractivity contribution in [1.29, 1.82) is 0 Å². The minimum Gasteiger partial charge on any atom is -0.383 e. The summed E-state index contributed by atoms with van der Waals surface area (Å²) in [4.78, 5) is 21.6. The molecular formula is C21H20F4N4O2. The standard InChI is InChI=1S/C21H20F4N4O2/c1-9(12-5-4-11(6-14(12)22)21(23,24)25)29(3)20(30)16-7-15-18(27-16)13-8-31-10(2)17(13)19(26)28-15/h4-7,9-10,27H,8H2,1-3H3,(H2,26,28)/t9-,10+/m0/s1. The molecule has 1 aromatic carbocycles. The second-order valence-corrected chi connectivity index (χ2v) is 7.61. The number of hydrogen-bond donors (Lipinski definition) is 2. The number of carbonyl (C=O) groups is 1. The fourth-order valence-electron chi connectivity index (χ4n) is 3.87. The maximum absolute atomic E-state index is 14.4. The Balaban J connectivity index is 1.65. The van der Waals surface area contributed by atoms with Gasteiger partial charge in [-0.15, -0.1) is 0 Å². The van der Waals surface area contributed by atoms with E-state index in [2.05, 4.69) is 9.97 Å². The minimum atomic E-state index is -4.65. The van der Waals surface area contributed by atoms with Gasteiger partial charge in [0.05, 0.1) is 35.3 Å². The van der Waals surface area contributed by atoms with Crippen molar-refractivity contribution in [2.75, 3.05) is 12.8 Å². The van der Waals surface area contributed by atoms with Crippen LogP contribution in [0.15, 0.2) is 24.3 Å². The molecule has 1 amide bonds. The molecule has 164 valence electrons. The molecular weight excluding hydrogens is 416 g/mol. The Morgan fingerprint density at radius 3 is 2.71 bits per heavy atom. The summed E-state index contributed by atoms with van der Waals surface area (Å²) >= 11 is 0. The number of halogens is 4. The van der Waals surface area contributed by atoms with Crippen LogP contribution in [0.4, 0.5) is 23.4 Å². The normalized spacial score (nSPS) is 17.1. The molecule has 0 saturated carbocycles. The molecule has 1 aliphatic heterocycles. The number of aromatic amines is 1. The number of H-pyrrole nitrogens is 1. The summed E-state index contributed by atoms with van der Waals surface area (Å²) in [7, 11) is 1.45. The smallest absolute Gasteiger partial charge is 0.383 e. The molecule has 3 heterocycles.